The van der Waals surface area contributed by atoms with Gasteiger partial charge in [-0.25, -0.2) is 0 Å². The van der Waals surface area contributed by atoms with Crippen LogP contribution in [0.2, 0.25) is 0 Å². The van der Waals surface area contributed by atoms with Crippen LogP contribution in [0.25, 0.3) is 0 Å². The first kappa shape index (κ1) is 12.6. The number of methoxy groups -OCH3 is 1. The third-order valence-electron chi connectivity index (χ3n) is 2.12. The Bertz CT molecular complexity index is 391. The summed E-state index contributed by atoms with van der Waals surface area (Å²) in [5, 5.41) is 3.31. The lowest BCUT2D eigenvalue weighted by Crippen LogP contribution is -2.27. The van der Waals surface area contributed by atoms with Gasteiger partial charge >= 0.3 is 0 Å². The minimum Gasteiger partial charge on any atom is -0.497 e. The largest absolute Gasteiger partial charge is 0.497 e. The van der Waals surface area contributed by atoms with Crippen molar-refractivity contribution < 1.29 is 9.53 Å². The van der Waals surface area contributed by atoms with E-state index in [1.165, 1.54) is 0 Å². The molecule has 0 radical (unpaired) electrons. The van der Waals surface area contributed by atoms with Crippen LogP contribution < -0.4 is 10.1 Å². The number of Topliss-reactive ketones (excluding diaryl/α,β-unsaturated/α-hetero) is 1. The van der Waals surface area contributed by atoms with Crippen molar-refractivity contribution in [3.63, 3.8) is 0 Å². The smallest absolute Gasteiger partial charge is 0.162 e. The SMILES string of the molecule is COc1ccc(NC(C)(C)C)c(C(C)=O)c1. The average Bonchev–Trinajstić information content (AvgIpc) is 2.15. The summed E-state index contributed by atoms with van der Waals surface area (Å²) in [6, 6.07) is 5.48. The van der Waals surface area contributed by atoms with Gasteiger partial charge in [-0.1, -0.05) is 0 Å². The molecule has 0 atom stereocenters. The summed E-state index contributed by atoms with van der Waals surface area (Å²) in [7, 11) is 1.59. The number of hydrogen-bond donors (Lipinski definition) is 1. The molecule has 0 fully saturated rings. The molecule has 0 aliphatic rings. The van der Waals surface area contributed by atoms with Gasteiger partial charge in [0.1, 0.15) is 5.75 Å². The van der Waals surface area contributed by atoms with E-state index in [1.807, 2.05) is 12.1 Å². The van der Waals surface area contributed by atoms with E-state index in [4.69, 9.17) is 4.74 Å². The van der Waals surface area contributed by atoms with Gasteiger partial charge in [0.15, 0.2) is 5.78 Å². The fraction of sp³-hybridized carbons (Fsp3) is 0.462. The number of ketones is 1. The Morgan fingerprint density at radius 1 is 1.31 bits per heavy atom. The zero-order chi connectivity index (χ0) is 12.3. The van der Waals surface area contributed by atoms with E-state index in [1.54, 1.807) is 20.1 Å². The average molecular weight is 221 g/mol. The Morgan fingerprint density at radius 3 is 2.38 bits per heavy atom. The fourth-order valence-corrected chi connectivity index (χ4v) is 1.45. The molecule has 16 heavy (non-hydrogen) atoms. The van der Waals surface area contributed by atoms with Crippen LogP contribution in [0.5, 0.6) is 5.75 Å². The van der Waals surface area contributed by atoms with Gasteiger partial charge in [-0.15, -0.1) is 0 Å². The van der Waals surface area contributed by atoms with E-state index in [0.717, 1.165) is 5.69 Å². The molecule has 1 aromatic rings. The number of rotatable bonds is 3. The number of ether oxygens (including phenoxy) is 1. The number of hydrogen-bond acceptors (Lipinski definition) is 3. The molecule has 88 valence electrons. The molecule has 0 aromatic heterocycles. The monoisotopic (exact) mass is 221 g/mol. The molecule has 0 saturated carbocycles. The van der Waals surface area contributed by atoms with Gasteiger partial charge in [0.2, 0.25) is 0 Å². The highest BCUT2D eigenvalue weighted by molar-refractivity contribution is 6.00. The predicted molar refractivity (Wildman–Crippen MR) is 66.4 cm³/mol. The Labute approximate surface area is 96.8 Å². The summed E-state index contributed by atoms with van der Waals surface area (Å²) in [5.74, 6) is 0.732. The zero-order valence-corrected chi connectivity index (χ0v) is 10.5. The van der Waals surface area contributed by atoms with Crippen LogP contribution in [0.3, 0.4) is 0 Å². The minimum absolute atomic E-state index is 0.0330. The molecule has 0 saturated heterocycles. The van der Waals surface area contributed by atoms with E-state index in [2.05, 4.69) is 26.1 Å². The van der Waals surface area contributed by atoms with Crippen LogP contribution in [0.15, 0.2) is 18.2 Å². The molecule has 1 aromatic carbocycles. The Kier molecular flexibility index (Phi) is 3.58. The number of anilines is 1. The highest BCUT2D eigenvalue weighted by Crippen LogP contribution is 2.25. The molecule has 1 N–H and O–H groups in total. The van der Waals surface area contributed by atoms with Crippen molar-refractivity contribution in [1.29, 1.82) is 0 Å². The maximum atomic E-state index is 11.5. The quantitative estimate of drug-likeness (QED) is 0.797. The van der Waals surface area contributed by atoms with Crippen molar-refractivity contribution in [3.05, 3.63) is 23.8 Å². The molecule has 1 rings (SSSR count). The van der Waals surface area contributed by atoms with Gasteiger partial charge in [-0.05, 0) is 45.9 Å². The molecular weight excluding hydrogens is 202 g/mol. The van der Waals surface area contributed by atoms with Gasteiger partial charge in [0.25, 0.3) is 0 Å². The van der Waals surface area contributed by atoms with Crippen molar-refractivity contribution in [2.45, 2.75) is 33.2 Å². The molecule has 0 amide bonds. The van der Waals surface area contributed by atoms with Crippen molar-refractivity contribution >= 4 is 11.5 Å². The summed E-state index contributed by atoms with van der Waals surface area (Å²) >= 11 is 0. The standard InChI is InChI=1S/C13H19NO2/c1-9(15)11-8-10(16-5)6-7-12(11)14-13(2,3)4/h6-8,14H,1-5H3. The number of benzene rings is 1. The van der Waals surface area contributed by atoms with Crippen LogP contribution in [0, 0.1) is 0 Å². The second-order valence-electron chi connectivity index (χ2n) is 4.84. The lowest BCUT2D eigenvalue weighted by Gasteiger charge is -2.23. The molecule has 0 spiro atoms. The summed E-state index contributed by atoms with van der Waals surface area (Å²) < 4.78 is 5.11. The maximum absolute atomic E-state index is 11.5. The van der Waals surface area contributed by atoms with Crippen LogP contribution in [0.4, 0.5) is 5.69 Å². The van der Waals surface area contributed by atoms with E-state index in [0.29, 0.717) is 11.3 Å². The van der Waals surface area contributed by atoms with Crippen LogP contribution in [0.1, 0.15) is 38.1 Å². The predicted octanol–water partition coefficient (Wildman–Crippen LogP) is 3.11. The maximum Gasteiger partial charge on any atom is 0.162 e. The second-order valence-corrected chi connectivity index (χ2v) is 4.84. The first-order valence-corrected chi connectivity index (χ1v) is 5.30. The van der Waals surface area contributed by atoms with Crippen LogP contribution in [-0.4, -0.2) is 18.4 Å². The van der Waals surface area contributed by atoms with E-state index in [-0.39, 0.29) is 11.3 Å². The first-order chi connectivity index (χ1) is 7.33. The fourth-order valence-electron chi connectivity index (χ4n) is 1.45. The first-order valence-electron chi connectivity index (χ1n) is 5.30. The molecule has 0 unspecified atom stereocenters. The zero-order valence-electron chi connectivity index (χ0n) is 10.5. The van der Waals surface area contributed by atoms with Gasteiger partial charge in [0.05, 0.1) is 7.11 Å². The van der Waals surface area contributed by atoms with E-state index >= 15 is 0 Å². The molecule has 3 nitrogen and oxygen atoms in total. The molecular formula is C13H19NO2. The minimum atomic E-state index is -0.0706. The van der Waals surface area contributed by atoms with Crippen LogP contribution >= 0.6 is 0 Å². The van der Waals surface area contributed by atoms with Crippen molar-refractivity contribution in [1.82, 2.24) is 0 Å². The molecule has 3 heteroatoms. The molecule has 0 aliphatic heterocycles. The summed E-state index contributed by atoms with van der Waals surface area (Å²) in [4.78, 5) is 11.5. The lowest BCUT2D eigenvalue weighted by molar-refractivity contribution is 0.101. The lowest BCUT2D eigenvalue weighted by atomic mass is 10.0. The summed E-state index contributed by atoms with van der Waals surface area (Å²) in [5.41, 5.74) is 1.44. The normalized spacial score (nSPS) is 11.1. The third-order valence-corrected chi connectivity index (χ3v) is 2.12. The third kappa shape index (κ3) is 3.26. The van der Waals surface area contributed by atoms with Gasteiger partial charge in [-0.2, -0.15) is 0 Å². The van der Waals surface area contributed by atoms with Crippen LogP contribution in [-0.2, 0) is 0 Å². The van der Waals surface area contributed by atoms with Gasteiger partial charge in [0, 0.05) is 16.8 Å². The van der Waals surface area contributed by atoms with Gasteiger partial charge in [-0.3, -0.25) is 4.79 Å². The number of carbonyl (C=O) groups excluding carboxylic acids is 1. The van der Waals surface area contributed by atoms with Gasteiger partial charge < -0.3 is 10.1 Å². The highest BCUT2D eigenvalue weighted by Gasteiger charge is 2.14. The molecule has 0 bridgehead atoms. The molecule has 0 heterocycles. The Hall–Kier alpha value is -1.51. The van der Waals surface area contributed by atoms with Crippen molar-refractivity contribution in [3.8, 4) is 5.75 Å². The highest BCUT2D eigenvalue weighted by atomic mass is 16.5. The van der Waals surface area contributed by atoms with Crippen molar-refractivity contribution in [2.75, 3.05) is 12.4 Å². The Morgan fingerprint density at radius 2 is 1.94 bits per heavy atom. The van der Waals surface area contributed by atoms with E-state index < -0.39 is 0 Å². The topological polar surface area (TPSA) is 38.3 Å². The van der Waals surface area contributed by atoms with E-state index in [9.17, 15) is 4.79 Å². The molecule has 0 aliphatic carbocycles. The summed E-state index contributed by atoms with van der Waals surface area (Å²) in [6.07, 6.45) is 0. The second kappa shape index (κ2) is 4.56. The Balaban J connectivity index is 3.13. The number of carbonyl (C=O) groups is 1. The number of nitrogens with one attached hydrogen (secondary N) is 1. The summed E-state index contributed by atoms with van der Waals surface area (Å²) in [6.45, 7) is 7.73. The van der Waals surface area contributed by atoms with Crippen molar-refractivity contribution in [2.24, 2.45) is 0 Å².